The molecule has 3 N–H and O–H groups in total. The van der Waals surface area contributed by atoms with Crippen LogP contribution in [0.1, 0.15) is 25.8 Å². The minimum absolute atomic E-state index is 0.133. The number of nitrogens with one attached hydrogen (secondary N) is 1. The zero-order valence-electron chi connectivity index (χ0n) is 11.6. The molecule has 0 aromatic heterocycles. The van der Waals surface area contributed by atoms with Gasteiger partial charge in [-0.25, -0.2) is 13.1 Å². The summed E-state index contributed by atoms with van der Waals surface area (Å²) in [5, 5.41) is 0. The maximum absolute atomic E-state index is 12.6. The SMILES string of the molecule is CC1(C)C(N)CC1NS(=O)(=O)c1cccc(C(F)(F)F)c1. The average Bonchev–Trinajstić information content (AvgIpc) is 2.37. The van der Waals surface area contributed by atoms with Gasteiger partial charge in [0, 0.05) is 12.1 Å². The smallest absolute Gasteiger partial charge is 0.327 e. The Balaban J connectivity index is 2.25. The van der Waals surface area contributed by atoms with E-state index in [1.54, 1.807) is 0 Å². The van der Waals surface area contributed by atoms with Crippen LogP contribution in [0.3, 0.4) is 0 Å². The Bertz CT molecular complexity index is 641. The van der Waals surface area contributed by atoms with Crippen molar-refractivity contribution in [2.75, 3.05) is 0 Å². The fourth-order valence-electron chi connectivity index (χ4n) is 2.25. The van der Waals surface area contributed by atoms with E-state index in [0.29, 0.717) is 12.5 Å². The van der Waals surface area contributed by atoms with Crippen molar-refractivity contribution in [1.29, 1.82) is 0 Å². The van der Waals surface area contributed by atoms with Crippen LogP contribution in [0.2, 0.25) is 0 Å². The minimum Gasteiger partial charge on any atom is -0.327 e. The summed E-state index contributed by atoms with van der Waals surface area (Å²) in [5.74, 6) is 0. The molecule has 1 aromatic carbocycles. The molecule has 0 amide bonds. The summed E-state index contributed by atoms with van der Waals surface area (Å²) >= 11 is 0. The number of alkyl halides is 3. The van der Waals surface area contributed by atoms with Crippen LogP contribution in [0.15, 0.2) is 29.2 Å². The molecule has 1 aliphatic carbocycles. The van der Waals surface area contributed by atoms with E-state index in [1.807, 2.05) is 13.8 Å². The first-order valence-corrected chi connectivity index (χ1v) is 7.88. The van der Waals surface area contributed by atoms with E-state index < -0.39 is 32.1 Å². The first kappa shape index (κ1) is 16.3. The molecule has 0 spiro atoms. The van der Waals surface area contributed by atoms with Crippen molar-refractivity contribution in [3.05, 3.63) is 29.8 Å². The highest BCUT2D eigenvalue weighted by Crippen LogP contribution is 2.40. The van der Waals surface area contributed by atoms with Gasteiger partial charge in [0.05, 0.1) is 10.5 Å². The molecular formula is C13H17F3N2O2S. The van der Waals surface area contributed by atoms with E-state index in [0.717, 1.165) is 18.2 Å². The molecule has 1 saturated carbocycles. The van der Waals surface area contributed by atoms with Crippen LogP contribution < -0.4 is 10.5 Å². The molecule has 4 nitrogen and oxygen atoms in total. The van der Waals surface area contributed by atoms with E-state index in [-0.39, 0.29) is 12.1 Å². The van der Waals surface area contributed by atoms with Gasteiger partial charge in [0.2, 0.25) is 10.0 Å². The third-order valence-electron chi connectivity index (χ3n) is 4.11. The summed E-state index contributed by atoms with van der Waals surface area (Å²) in [6, 6.07) is 3.17. The Kier molecular flexibility index (Phi) is 3.84. The average molecular weight is 322 g/mol. The third-order valence-corrected chi connectivity index (χ3v) is 5.58. The summed E-state index contributed by atoms with van der Waals surface area (Å²) in [6.45, 7) is 3.64. The largest absolute Gasteiger partial charge is 0.416 e. The van der Waals surface area contributed by atoms with Gasteiger partial charge >= 0.3 is 6.18 Å². The van der Waals surface area contributed by atoms with Gasteiger partial charge < -0.3 is 5.73 Å². The maximum atomic E-state index is 12.6. The normalized spacial score (nSPS) is 25.4. The molecule has 0 heterocycles. The van der Waals surface area contributed by atoms with E-state index in [4.69, 9.17) is 5.73 Å². The maximum Gasteiger partial charge on any atom is 0.416 e. The number of hydrogen-bond acceptors (Lipinski definition) is 3. The number of halogens is 3. The monoisotopic (exact) mass is 322 g/mol. The van der Waals surface area contributed by atoms with Crippen LogP contribution in [0.25, 0.3) is 0 Å². The second kappa shape index (κ2) is 4.96. The lowest BCUT2D eigenvalue weighted by Crippen LogP contribution is -2.64. The summed E-state index contributed by atoms with van der Waals surface area (Å²) in [7, 11) is -4.00. The molecular weight excluding hydrogens is 305 g/mol. The van der Waals surface area contributed by atoms with Gasteiger partial charge in [-0.15, -0.1) is 0 Å². The molecule has 0 aliphatic heterocycles. The van der Waals surface area contributed by atoms with Gasteiger partial charge in [-0.1, -0.05) is 19.9 Å². The van der Waals surface area contributed by atoms with Crippen molar-refractivity contribution < 1.29 is 21.6 Å². The van der Waals surface area contributed by atoms with Crippen LogP contribution in [0.4, 0.5) is 13.2 Å². The first-order valence-electron chi connectivity index (χ1n) is 6.40. The predicted octanol–water partition coefficient (Wildman–Crippen LogP) is 2.11. The minimum atomic E-state index is -4.58. The van der Waals surface area contributed by atoms with E-state index in [2.05, 4.69) is 4.72 Å². The Morgan fingerprint density at radius 1 is 1.33 bits per heavy atom. The summed E-state index contributed by atoms with van der Waals surface area (Å²) < 4.78 is 64.7. The van der Waals surface area contributed by atoms with E-state index in [9.17, 15) is 21.6 Å². The van der Waals surface area contributed by atoms with Crippen LogP contribution in [-0.4, -0.2) is 20.5 Å². The number of nitrogens with two attached hydrogens (primary N) is 1. The summed E-state index contributed by atoms with van der Waals surface area (Å²) in [4.78, 5) is -0.395. The first-order chi connectivity index (χ1) is 9.44. The number of benzene rings is 1. The van der Waals surface area contributed by atoms with Crippen LogP contribution >= 0.6 is 0 Å². The molecule has 21 heavy (non-hydrogen) atoms. The van der Waals surface area contributed by atoms with Gasteiger partial charge in [-0.3, -0.25) is 0 Å². The molecule has 8 heteroatoms. The van der Waals surface area contributed by atoms with Crippen molar-refractivity contribution in [3.63, 3.8) is 0 Å². The van der Waals surface area contributed by atoms with Crippen molar-refractivity contribution in [3.8, 4) is 0 Å². The van der Waals surface area contributed by atoms with Gasteiger partial charge in [0.25, 0.3) is 0 Å². The number of rotatable bonds is 3. The Labute approximate surface area is 121 Å². The highest BCUT2D eigenvalue weighted by atomic mass is 32.2. The fraction of sp³-hybridized carbons (Fsp3) is 0.538. The van der Waals surface area contributed by atoms with Gasteiger partial charge in [0.15, 0.2) is 0 Å². The summed E-state index contributed by atoms with van der Waals surface area (Å²) in [6.07, 6.45) is -4.12. The lowest BCUT2D eigenvalue weighted by atomic mass is 9.64. The molecule has 2 unspecified atom stereocenters. The molecule has 1 aromatic rings. The Morgan fingerprint density at radius 3 is 2.43 bits per heavy atom. The zero-order valence-corrected chi connectivity index (χ0v) is 12.4. The molecule has 1 aliphatic rings. The van der Waals surface area contributed by atoms with Crippen molar-refractivity contribution >= 4 is 10.0 Å². The third kappa shape index (κ3) is 3.07. The number of sulfonamides is 1. The van der Waals surface area contributed by atoms with Gasteiger partial charge in [-0.2, -0.15) is 13.2 Å². The fourth-order valence-corrected chi connectivity index (χ4v) is 3.70. The highest BCUT2D eigenvalue weighted by molar-refractivity contribution is 7.89. The Morgan fingerprint density at radius 2 is 1.95 bits per heavy atom. The van der Waals surface area contributed by atoms with Crippen LogP contribution in [-0.2, 0) is 16.2 Å². The summed E-state index contributed by atoms with van der Waals surface area (Å²) in [5.41, 5.74) is 4.39. The van der Waals surface area contributed by atoms with Crippen molar-refractivity contribution in [2.24, 2.45) is 11.1 Å². The standard InChI is InChI=1S/C13H17F3N2O2S/c1-12(2)10(17)7-11(12)18-21(19,20)9-5-3-4-8(6-9)13(14,15)16/h3-6,10-11,18H,7,17H2,1-2H3. The highest BCUT2D eigenvalue weighted by Gasteiger charge is 2.47. The second-order valence-corrected chi connectivity index (χ2v) is 7.58. The van der Waals surface area contributed by atoms with Crippen LogP contribution in [0, 0.1) is 5.41 Å². The number of hydrogen-bond donors (Lipinski definition) is 2. The van der Waals surface area contributed by atoms with Crippen LogP contribution in [0.5, 0.6) is 0 Å². The quantitative estimate of drug-likeness (QED) is 0.895. The topological polar surface area (TPSA) is 72.2 Å². The molecule has 2 atom stereocenters. The molecule has 0 saturated heterocycles. The van der Waals surface area contributed by atoms with E-state index >= 15 is 0 Å². The van der Waals surface area contributed by atoms with Crippen molar-refractivity contribution in [1.82, 2.24) is 4.72 Å². The lowest BCUT2D eigenvalue weighted by molar-refractivity contribution is -0.137. The zero-order chi connectivity index (χ0) is 16.1. The molecule has 2 rings (SSSR count). The van der Waals surface area contributed by atoms with Gasteiger partial charge in [0.1, 0.15) is 0 Å². The lowest BCUT2D eigenvalue weighted by Gasteiger charge is -2.50. The molecule has 0 bridgehead atoms. The van der Waals surface area contributed by atoms with Crippen molar-refractivity contribution in [2.45, 2.75) is 43.4 Å². The molecule has 118 valence electrons. The van der Waals surface area contributed by atoms with Gasteiger partial charge in [-0.05, 0) is 30.0 Å². The molecule has 0 radical (unpaired) electrons. The predicted molar refractivity (Wildman–Crippen MR) is 71.9 cm³/mol. The Hall–Kier alpha value is -1.12. The second-order valence-electron chi connectivity index (χ2n) is 5.86. The van der Waals surface area contributed by atoms with E-state index in [1.165, 1.54) is 0 Å². The molecule has 1 fully saturated rings.